The highest BCUT2D eigenvalue weighted by atomic mass is 16.5. The Morgan fingerprint density at radius 2 is 2.24 bits per heavy atom. The van der Waals surface area contributed by atoms with Gasteiger partial charge in [0.25, 0.3) is 0 Å². The standard InChI is InChI=1S/C15H19NO/c1-12-5-6-15-13(10-12)7-8-16(15)11-14-4-2-3-9-17-14/h5-8,10,14H,2-4,9,11H2,1H3. The Morgan fingerprint density at radius 3 is 3.06 bits per heavy atom. The van der Waals surface area contributed by atoms with Crippen LogP contribution in [0.25, 0.3) is 10.9 Å². The molecule has 0 saturated carbocycles. The number of benzene rings is 1. The molecule has 2 heteroatoms. The van der Waals surface area contributed by atoms with Crippen LogP contribution in [0.4, 0.5) is 0 Å². The van der Waals surface area contributed by atoms with Crippen molar-refractivity contribution in [1.82, 2.24) is 4.57 Å². The fourth-order valence-corrected chi connectivity index (χ4v) is 2.65. The van der Waals surface area contributed by atoms with E-state index < -0.39 is 0 Å². The molecule has 0 spiro atoms. The van der Waals surface area contributed by atoms with E-state index in [2.05, 4.69) is 42.0 Å². The third-order valence-electron chi connectivity index (χ3n) is 3.60. The van der Waals surface area contributed by atoms with Crippen LogP contribution in [0.2, 0.25) is 0 Å². The Morgan fingerprint density at radius 1 is 1.29 bits per heavy atom. The first-order valence-electron chi connectivity index (χ1n) is 6.50. The van der Waals surface area contributed by atoms with Gasteiger partial charge < -0.3 is 9.30 Å². The highest BCUT2D eigenvalue weighted by Crippen LogP contribution is 2.20. The number of hydrogen-bond acceptors (Lipinski definition) is 1. The zero-order valence-corrected chi connectivity index (χ0v) is 10.4. The highest BCUT2D eigenvalue weighted by molar-refractivity contribution is 5.80. The largest absolute Gasteiger partial charge is 0.376 e. The van der Waals surface area contributed by atoms with Crippen LogP contribution in [0.5, 0.6) is 0 Å². The van der Waals surface area contributed by atoms with Gasteiger partial charge in [0.15, 0.2) is 0 Å². The lowest BCUT2D eigenvalue weighted by Gasteiger charge is -2.23. The van der Waals surface area contributed by atoms with Crippen molar-refractivity contribution >= 4 is 10.9 Å². The second-order valence-electron chi connectivity index (χ2n) is 5.02. The van der Waals surface area contributed by atoms with Gasteiger partial charge in [-0.2, -0.15) is 0 Å². The number of ether oxygens (including phenoxy) is 1. The maximum Gasteiger partial charge on any atom is 0.0754 e. The lowest BCUT2D eigenvalue weighted by molar-refractivity contribution is 0.00670. The molecule has 0 radical (unpaired) electrons. The summed E-state index contributed by atoms with van der Waals surface area (Å²) in [6.07, 6.45) is 6.32. The molecule has 1 saturated heterocycles. The molecular formula is C15H19NO. The van der Waals surface area contributed by atoms with E-state index in [1.165, 1.54) is 35.7 Å². The molecule has 90 valence electrons. The average molecular weight is 229 g/mol. The zero-order chi connectivity index (χ0) is 11.7. The van der Waals surface area contributed by atoms with Crippen LogP contribution in [-0.4, -0.2) is 17.3 Å². The summed E-state index contributed by atoms with van der Waals surface area (Å²) in [6.45, 7) is 4.07. The predicted octanol–water partition coefficient (Wildman–Crippen LogP) is 3.52. The first-order chi connectivity index (χ1) is 8.33. The number of aromatic nitrogens is 1. The summed E-state index contributed by atoms with van der Waals surface area (Å²) in [6, 6.07) is 8.84. The van der Waals surface area contributed by atoms with E-state index in [4.69, 9.17) is 4.74 Å². The van der Waals surface area contributed by atoms with Crippen LogP contribution in [-0.2, 0) is 11.3 Å². The Balaban J connectivity index is 1.84. The molecule has 1 aromatic heterocycles. The summed E-state index contributed by atoms with van der Waals surface area (Å²) < 4.78 is 8.13. The van der Waals surface area contributed by atoms with Gasteiger partial charge in [-0.25, -0.2) is 0 Å². The Kier molecular flexibility index (Phi) is 2.89. The van der Waals surface area contributed by atoms with Crippen molar-refractivity contribution < 1.29 is 4.74 Å². The maximum atomic E-state index is 5.80. The van der Waals surface area contributed by atoms with Crippen molar-refractivity contribution in [1.29, 1.82) is 0 Å². The Hall–Kier alpha value is -1.28. The molecule has 1 aliphatic rings. The molecule has 0 bridgehead atoms. The van der Waals surface area contributed by atoms with Gasteiger partial charge in [0.05, 0.1) is 6.10 Å². The molecule has 2 nitrogen and oxygen atoms in total. The molecule has 2 heterocycles. The quantitative estimate of drug-likeness (QED) is 0.768. The van der Waals surface area contributed by atoms with Gasteiger partial charge >= 0.3 is 0 Å². The van der Waals surface area contributed by atoms with E-state index in [0.29, 0.717) is 6.10 Å². The summed E-state index contributed by atoms with van der Waals surface area (Å²) in [5.74, 6) is 0. The van der Waals surface area contributed by atoms with Crippen molar-refractivity contribution in [2.24, 2.45) is 0 Å². The fourth-order valence-electron chi connectivity index (χ4n) is 2.65. The van der Waals surface area contributed by atoms with Gasteiger partial charge in [-0.1, -0.05) is 11.6 Å². The van der Waals surface area contributed by atoms with Crippen LogP contribution < -0.4 is 0 Å². The summed E-state index contributed by atoms with van der Waals surface area (Å²) >= 11 is 0. The van der Waals surface area contributed by atoms with Crippen molar-refractivity contribution in [2.75, 3.05) is 6.61 Å². The monoisotopic (exact) mass is 229 g/mol. The molecular weight excluding hydrogens is 210 g/mol. The van der Waals surface area contributed by atoms with Crippen molar-refractivity contribution in [3.8, 4) is 0 Å². The van der Waals surface area contributed by atoms with Crippen molar-refractivity contribution in [2.45, 2.75) is 38.8 Å². The molecule has 1 fully saturated rings. The van der Waals surface area contributed by atoms with Crippen LogP contribution in [0.3, 0.4) is 0 Å². The van der Waals surface area contributed by atoms with Gasteiger partial charge in [0.1, 0.15) is 0 Å². The lowest BCUT2D eigenvalue weighted by atomic mass is 10.1. The number of hydrogen-bond donors (Lipinski definition) is 0. The molecule has 1 aliphatic heterocycles. The van der Waals surface area contributed by atoms with E-state index in [9.17, 15) is 0 Å². The summed E-state index contributed by atoms with van der Waals surface area (Å²) in [7, 11) is 0. The number of aryl methyl sites for hydroxylation is 1. The normalized spacial score (nSPS) is 20.9. The van der Waals surface area contributed by atoms with E-state index in [1.54, 1.807) is 0 Å². The number of nitrogens with zero attached hydrogens (tertiary/aromatic N) is 1. The molecule has 0 N–H and O–H groups in total. The predicted molar refractivity (Wildman–Crippen MR) is 70.3 cm³/mol. The minimum Gasteiger partial charge on any atom is -0.376 e. The molecule has 3 rings (SSSR count). The first kappa shape index (κ1) is 10.8. The van der Waals surface area contributed by atoms with Gasteiger partial charge in [-0.3, -0.25) is 0 Å². The molecule has 2 aromatic rings. The highest BCUT2D eigenvalue weighted by Gasteiger charge is 2.14. The third kappa shape index (κ3) is 2.22. The molecule has 1 aromatic carbocycles. The molecule has 17 heavy (non-hydrogen) atoms. The summed E-state index contributed by atoms with van der Waals surface area (Å²) in [5.41, 5.74) is 2.65. The molecule has 1 atom stereocenters. The van der Waals surface area contributed by atoms with Crippen molar-refractivity contribution in [3.05, 3.63) is 36.0 Å². The van der Waals surface area contributed by atoms with Gasteiger partial charge in [0, 0.05) is 24.9 Å². The van der Waals surface area contributed by atoms with Gasteiger partial charge in [0.2, 0.25) is 0 Å². The van der Waals surface area contributed by atoms with E-state index in [0.717, 1.165) is 13.2 Å². The number of rotatable bonds is 2. The summed E-state index contributed by atoms with van der Waals surface area (Å²) in [4.78, 5) is 0. The fraction of sp³-hybridized carbons (Fsp3) is 0.467. The van der Waals surface area contributed by atoms with Crippen molar-refractivity contribution in [3.63, 3.8) is 0 Å². The van der Waals surface area contributed by atoms with E-state index in [1.807, 2.05) is 0 Å². The minimum absolute atomic E-state index is 0.403. The first-order valence-corrected chi connectivity index (χ1v) is 6.50. The number of fused-ring (bicyclic) bond motifs is 1. The third-order valence-corrected chi connectivity index (χ3v) is 3.60. The van der Waals surface area contributed by atoms with Gasteiger partial charge in [-0.15, -0.1) is 0 Å². The zero-order valence-electron chi connectivity index (χ0n) is 10.4. The van der Waals surface area contributed by atoms with Crippen LogP contribution in [0, 0.1) is 6.92 Å². The minimum atomic E-state index is 0.403. The topological polar surface area (TPSA) is 14.2 Å². The second kappa shape index (κ2) is 4.53. The van der Waals surface area contributed by atoms with Crippen LogP contribution in [0.15, 0.2) is 30.5 Å². The Labute approximate surface area is 102 Å². The Bertz CT molecular complexity index is 509. The van der Waals surface area contributed by atoms with E-state index in [-0.39, 0.29) is 0 Å². The lowest BCUT2D eigenvalue weighted by Crippen LogP contribution is -2.24. The molecule has 0 aliphatic carbocycles. The van der Waals surface area contributed by atoms with E-state index >= 15 is 0 Å². The second-order valence-corrected chi connectivity index (χ2v) is 5.02. The smallest absolute Gasteiger partial charge is 0.0754 e. The molecule has 0 amide bonds. The maximum absolute atomic E-state index is 5.80. The molecule has 1 unspecified atom stereocenters. The van der Waals surface area contributed by atoms with Crippen LogP contribution in [0.1, 0.15) is 24.8 Å². The van der Waals surface area contributed by atoms with Crippen LogP contribution >= 0.6 is 0 Å². The van der Waals surface area contributed by atoms with Gasteiger partial charge in [-0.05, 0) is 49.8 Å². The summed E-state index contributed by atoms with van der Waals surface area (Å²) in [5, 5.41) is 1.33. The average Bonchev–Trinajstić information content (AvgIpc) is 2.73. The SMILES string of the molecule is Cc1ccc2c(ccn2CC2CCCCO2)c1.